The highest BCUT2D eigenvalue weighted by Gasteiger charge is 2.22. The van der Waals surface area contributed by atoms with Crippen LogP contribution in [-0.4, -0.2) is 21.0 Å². The summed E-state index contributed by atoms with van der Waals surface area (Å²) in [6.45, 7) is 4.16. The summed E-state index contributed by atoms with van der Waals surface area (Å²) in [7, 11) is 0.849. The van der Waals surface area contributed by atoms with Crippen molar-refractivity contribution in [2.75, 3.05) is 6.61 Å². The van der Waals surface area contributed by atoms with Crippen LogP contribution in [0.4, 0.5) is 4.39 Å². The molecule has 4 nitrogen and oxygen atoms in total. The third-order valence-corrected chi connectivity index (χ3v) is 4.78. The first-order valence-corrected chi connectivity index (χ1v) is 9.37. The van der Waals surface area contributed by atoms with E-state index in [1.54, 1.807) is 0 Å². The van der Waals surface area contributed by atoms with E-state index in [-0.39, 0.29) is 22.6 Å². The molecule has 8 heteroatoms. The molecule has 0 bridgehead atoms. The fourth-order valence-corrected chi connectivity index (χ4v) is 3.13. The number of rotatable bonds is 6. The molecule has 0 fully saturated rings. The molecule has 0 radical (unpaired) electrons. The summed E-state index contributed by atoms with van der Waals surface area (Å²) in [4.78, 5) is 11.2. The number of halogens is 3. The zero-order valence-electron chi connectivity index (χ0n) is 11.5. The Bertz CT molecular complexity index is 633. The van der Waals surface area contributed by atoms with Gasteiger partial charge in [-0.25, -0.2) is 17.6 Å². The van der Waals surface area contributed by atoms with Crippen LogP contribution in [0.5, 0.6) is 0 Å². The highest BCUT2D eigenvalue weighted by Crippen LogP contribution is 2.27. The minimum Gasteiger partial charge on any atom is -0.462 e. The lowest BCUT2D eigenvalue weighted by Crippen LogP contribution is -2.13. The number of ether oxygens (including phenoxy) is 1. The summed E-state index contributed by atoms with van der Waals surface area (Å²) in [5.41, 5.74) is -0.0840. The van der Waals surface area contributed by atoms with E-state index < -0.39 is 25.7 Å². The van der Waals surface area contributed by atoms with E-state index in [4.69, 9.17) is 15.4 Å². The molecule has 1 rings (SSSR count). The van der Waals surface area contributed by atoms with Gasteiger partial charge in [0.1, 0.15) is 10.7 Å². The molecule has 1 aromatic carbocycles. The van der Waals surface area contributed by atoms with Gasteiger partial charge in [0.25, 0.3) is 9.05 Å². The summed E-state index contributed by atoms with van der Waals surface area (Å²) in [5, 5.41) is 0. The average Bonchev–Trinajstić information content (AvgIpc) is 2.34. The summed E-state index contributed by atoms with van der Waals surface area (Å²) in [6.07, 6.45) is 1.87. The number of carbonyl (C=O) groups excluding carboxylic acids is 1. The van der Waals surface area contributed by atoms with Crippen LogP contribution in [0.25, 0.3) is 0 Å². The predicted molar refractivity (Wildman–Crippen MR) is 81.5 cm³/mol. The normalized spacial score (nSPS) is 13.0. The molecule has 0 amide bonds. The van der Waals surface area contributed by atoms with Crippen LogP contribution in [-0.2, 0) is 13.8 Å². The molecule has 0 saturated heterocycles. The SMILES string of the molecule is CCCC(C)COC(=O)c1cc(S(=O)(=O)Cl)c(F)cc1Br. The van der Waals surface area contributed by atoms with Crippen LogP contribution < -0.4 is 0 Å². The van der Waals surface area contributed by atoms with Crippen LogP contribution in [0.2, 0.25) is 0 Å². The number of esters is 1. The Hall–Kier alpha value is -0.660. The fourth-order valence-electron chi connectivity index (χ4n) is 1.74. The van der Waals surface area contributed by atoms with Gasteiger partial charge in [-0.05, 0) is 40.4 Å². The number of benzene rings is 1. The molecule has 0 N–H and O–H groups in total. The second-order valence-corrected chi connectivity index (χ2v) is 8.08. The summed E-state index contributed by atoms with van der Waals surface area (Å²) >= 11 is 3.01. The minimum absolute atomic E-state index is 0.0840. The van der Waals surface area contributed by atoms with Gasteiger partial charge in [0.15, 0.2) is 0 Å². The maximum Gasteiger partial charge on any atom is 0.339 e. The summed E-state index contributed by atoms with van der Waals surface area (Å²) < 4.78 is 41.3. The maximum atomic E-state index is 13.6. The zero-order chi connectivity index (χ0) is 16.2. The lowest BCUT2D eigenvalue weighted by atomic mass is 10.1. The number of carbonyl (C=O) groups is 1. The first-order valence-electron chi connectivity index (χ1n) is 6.27. The van der Waals surface area contributed by atoms with E-state index in [1.807, 2.05) is 13.8 Å². The van der Waals surface area contributed by atoms with Gasteiger partial charge in [0, 0.05) is 15.2 Å². The van der Waals surface area contributed by atoms with Crippen molar-refractivity contribution in [1.82, 2.24) is 0 Å². The van der Waals surface area contributed by atoms with Crippen molar-refractivity contribution in [3.8, 4) is 0 Å². The summed E-state index contributed by atoms with van der Waals surface area (Å²) in [5.74, 6) is -1.58. The van der Waals surface area contributed by atoms with Gasteiger partial charge in [0.2, 0.25) is 0 Å². The Kier molecular flexibility index (Phi) is 6.62. The molecule has 0 saturated carbocycles. The van der Waals surface area contributed by atoms with E-state index in [0.717, 1.165) is 25.0 Å². The van der Waals surface area contributed by atoms with E-state index in [9.17, 15) is 17.6 Å². The largest absolute Gasteiger partial charge is 0.462 e. The lowest BCUT2D eigenvalue weighted by Gasteiger charge is -2.12. The topological polar surface area (TPSA) is 60.4 Å². The van der Waals surface area contributed by atoms with E-state index in [1.165, 1.54) is 0 Å². The predicted octanol–water partition coefficient (Wildman–Crippen LogP) is 4.11. The Morgan fingerprint density at radius 3 is 2.62 bits per heavy atom. The Morgan fingerprint density at radius 1 is 1.48 bits per heavy atom. The lowest BCUT2D eigenvalue weighted by molar-refractivity contribution is 0.0442. The molecular formula is C13H15BrClFO4S. The van der Waals surface area contributed by atoms with E-state index in [2.05, 4.69) is 15.9 Å². The van der Waals surface area contributed by atoms with Crippen molar-refractivity contribution in [3.63, 3.8) is 0 Å². The van der Waals surface area contributed by atoms with Crippen molar-refractivity contribution in [2.45, 2.75) is 31.6 Å². The van der Waals surface area contributed by atoms with Crippen molar-refractivity contribution in [1.29, 1.82) is 0 Å². The molecule has 0 spiro atoms. The van der Waals surface area contributed by atoms with Gasteiger partial charge in [0.05, 0.1) is 12.2 Å². The Labute approximate surface area is 136 Å². The van der Waals surface area contributed by atoms with Crippen molar-refractivity contribution < 1.29 is 22.3 Å². The fraction of sp³-hybridized carbons (Fsp3) is 0.462. The monoisotopic (exact) mass is 400 g/mol. The van der Waals surface area contributed by atoms with Crippen LogP contribution in [0.15, 0.2) is 21.5 Å². The van der Waals surface area contributed by atoms with Crippen LogP contribution in [0.3, 0.4) is 0 Å². The molecule has 118 valence electrons. The van der Waals surface area contributed by atoms with Crippen molar-refractivity contribution in [2.24, 2.45) is 5.92 Å². The van der Waals surface area contributed by atoms with E-state index >= 15 is 0 Å². The molecular weight excluding hydrogens is 387 g/mol. The van der Waals surface area contributed by atoms with Gasteiger partial charge >= 0.3 is 5.97 Å². The molecule has 0 aromatic heterocycles. The van der Waals surface area contributed by atoms with Gasteiger partial charge in [-0.15, -0.1) is 0 Å². The van der Waals surface area contributed by atoms with Crippen LogP contribution in [0, 0.1) is 11.7 Å². The number of hydrogen-bond acceptors (Lipinski definition) is 4. The molecule has 0 aliphatic rings. The third kappa shape index (κ3) is 5.23. The van der Waals surface area contributed by atoms with Crippen molar-refractivity contribution >= 4 is 41.6 Å². The van der Waals surface area contributed by atoms with Gasteiger partial charge in [-0.3, -0.25) is 0 Å². The van der Waals surface area contributed by atoms with Crippen LogP contribution in [0.1, 0.15) is 37.0 Å². The zero-order valence-corrected chi connectivity index (χ0v) is 14.7. The third-order valence-electron chi connectivity index (χ3n) is 2.78. The molecule has 0 aliphatic heterocycles. The molecule has 1 aromatic rings. The quantitative estimate of drug-likeness (QED) is 0.532. The first-order chi connectivity index (χ1) is 9.66. The van der Waals surface area contributed by atoms with E-state index in [0.29, 0.717) is 0 Å². The van der Waals surface area contributed by atoms with Crippen LogP contribution >= 0.6 is 26.6 Å². The molecule has 1 atom stereocenters. The smallest absolute Gasteiger partial charge is 0.339 e. The number of hydrogen-bond donors (Lipinski definition) is 0. The standard InChI is InChI=1S/C13H15BrClFO4S/c1-3-4-8(2)7-20-13(17)9-5-12(21(15,18)19)11(16)6-10(9)14/h5-6,8H,3-4,7H2,1-2H3. The van der Waals surface area contributed by atoms with Crippen molar-refractivity contribution in [3.05, 3.63) is 28.0 Å². The molecule has 21 heavy (non-hydrogen) atoms. The average molecular weight is 402 g/mol. The maximum absolute atomic E-state index is 13.6. The Morgan fingerprint density at radius 2 is 2.10 bits per heavy atom. The second kappa shape index (κ2) is 7.56. The molecule has 0 aliphatic carbocycles. The van der Waals surface area contributed by atoms with Gasteiger partial charge in [-0.2, -0.15) is 0 Å². The second-order valence-electron chi connectivity index (χ2n) is 4.69. The highest BCUT2D eigenvalue weighted by atomic mass is 79.9. The highest BCUT2D eigenvalue weighted by molar-refractivity contribution is 9.10. The first kappa shape index (κ1) is 18.4. The molecule has 1 unspecified atom stereocenters. The Balaban J connectivity index is 3.00. The minimum atomic E-state index is -4.28. The van der Waals surface area contributed by atoms with Gasteiger partial charge < -0.3 is 4.74 Å². The molecule has 0 heterocycles. The van der Waals surface area contributed by atoms with Gasteiger partial charge in [-0.1, -0.05) is 20.3 Å². The summed E-state index contributed by atoms with van der Waals surface area (Å²) in [6, 6.07) is 1.75.